The summed E-state index contributed by atoms with van der Waals surface area (Å²) in [6.45, 7) is 2.95. The highest BCUT2D eigenvalue weighted by Crippen LogP contribution is 2.35. The van der Waals surface area contributed by atoms with Crippen LogP contribution in [0.25, 0.3) is 0 Å². The lowest BCUT2D eigenvalue weighted by Crippen LogP contribution is -2.52. The summed E-state index contributed by atoms with van der Waals surface area (Å²) in [6.07, 6.45) is 4.91. The molecule has 2 aromatic rings. The van der Waals surface area contributed by atoms with Crippen molar-refractivity contribution in [2.24, 2.45) is 0 Å². The number of rotatable bonds is 5. The summed E-state index contributed by atoms with van der Waals surface area (Å²) < 4.78 is 27.2. The Hall–Kier alpha value is -2.75. The normalized spacial score (nSPS) is 21.8. The molecule has 0 unspecified atom stereocenters. The molecule has 8 nitrogen and oxygen atoms in total. The Kier molecular flexibility index (Phi) is 9.20. The molecule has 1 saturated carbocycles. The average molecular weight is 489 g/mol. The van der Waals surface area contributed by atoms with E-state index in [0.717, 1.165) is 18.7 Å². The molecule has 2 aliphatic rings. The van der Waals surface area contributed by atoms with Gasteiger partial charge in [0.15, 0.2) is 0 Å². The van der Waals surface area contributed by atoms with Crippen molar-refractivity contribution >= 4 is 22.0 Å². The number of benzene rings is 2. The van der Waals surface area contributed by atoms with Crippen molar-refractivity contribution in [2.45, 2.75) is 43.4 Å². The maximum absolute atomic E-state index is 12.7. The second kappa shape index (κ2) is 12.1. The van der Waals surface area contributed by atoms with Gasteiger partial charge in [-0.2, -0.15) is 4.31 Å². The van der Waals surface area contributed by atoms with Gasteiger partial charge in [0.1, 0.15) is 0 Å². The molecule has 0 spiro atoms. The first-order chi connectivity index (χ1) is 16.3. The number of nitrogens with zero attached hydrogens (tertiary/aromatic N) is 2. The Balaban J connectivity index is 0.000000481. The van der Waals surface area contributed by atoms with Crippen LogP contribution in [0.4, 0.5) is 0 Å². The zero-order valence-electron chi connectivity index (χ0n) is 19.1. The topological polar surface area (TPSA) is 115 Å². The van der Waals surface area contributed by atoms with Crippen LogP contribution in [-0.4, -0.2) is 72.0 Å². The van der Waals surface area contributed by atoms with Crippen LogP contribution < -0.4 is 0 Å². The van der Waals surface area contributed by atoms with Gasteiger partial charge in [0.05, 0.1) is 5.75 Å². The molecule has 0 bridgehead atoms. The summed E-state index contributed by atoms with van der Waals surface area (Å²) in [6, 6.07) is 21.0. The lowest BCUT2D eigenvalue weighted by atomic mass is 9.81. The molecular formula is C25H32N2O6S. The van der Waals surface area contributed by atoms with Gasteiger partial charge >= 0.3 is 11.9 Å². The maximum Gasteiger partial charge on any atom is 0.414 e. The molecule has 2 N–H and O–H groups in total. The molecule has 2 aromatic carbocycles. The molecule has 1 aliphatic carbocycles. The number of hydrogen-bond acceptors (Lipinski definition) is 5. The summed E-state index contributed by atoms with van der Waals surface area (Å²) in [5.41, 5.74) is 2.34. The summed E-state index contributed by atoms with van der Waals surface area (Å²) >= 11 is 0. The Morgan fingerprint density at radius 2 is 1.26 bits per heavy atom. The van der Waals surface area contributed by atoms with E-state index in [4.69, 9.17) is 19.8 Å². The van der Waals surface area contributed by atoms with Gasteiger partial charge in [-0.25, -0.2) is 18.0 Å². The maximum atomic E-state index is 12.7. The zero-order chi connectivity index (χ0) is 24.6. The molecule has 0 atom stereocenters. The lowest BCUT2D eigenvalue weighted by molar-refractivity contribution is -0.159. The Labute approximate surface area is 200 Å². The zero-order valence-corrected chi connectivity index (χ0v) is 19.9. The summed E-state index contributed by atoms with van der Waals surface area (Å²) in [7, 11) is -3.23. The Morgan fingerprint density at radius 3 is 1.76 bits per heavy atom. The highest BCUT2D eigenvalue weighted by atomic mass is 32.2. The smallest absolute Gasteiger partial charge is 0.414 e. The molecule has 1 saturated heterocycles. The lowest BCUT2D eigenvalue weighted by Gasteiger charge is -2.41. The standard InChI is InChI=1S/C23H30N2O2S.C2H2O4/c26-28(27,19-20-7-3-1-4-8-20)25-17-15-24(16-18-25)23-13-11-22(12-14-23)21-9-5-2-6-10-21;3-1(4)2(5)6/h1-10,22-23H,11-19H2;(H,3,4)(H,5,6). The van der Waals surface area contributed by atoms with Gasteiger partial charge in [-0.05, 0) is 42.7 Å². The van der Waals surface area contributed by atoms with Crippen molar-refractivity contribution in [3.8, 4) is 0 Å². The molecule has 0 radical (unpaired) electrons. The van der Waals surface area contributed by atoms with E-state index in [1.54, 1.807) is 4.31 Å². The van der Waals surface area contributed by atoms with Gasteiger partial charge in [0.25, 0.3) is 0 Å². The fourth-order valence-electron chi connectivity index (χ4n) is 4.72. The van der Waals surface area contributed by atoms with E-state index in [1.165, 1.54) is 31.2 Å². The molecule has 0 aromatic heterocycles. The fraction of sp³-hybridized carbons (Fsp3) is 0.440. The third-order valence-electron chi connectivity index (χ3n) is 6.53. The summed E-state index contributed by atoms with van der Waals surface area (Å²) in [5.74, 6) is -2.86. The van der Waals surface area contributed by atoms with Crippen LogP contribution in [0.1, 0.15) is 42.7 Å². The van der Waals surface area contributed by atoms with Crippen LogP contribution in [0.2, 0.25) is 0 Å². The number of carboxylic acids is 2. The van der Waals surface area contributed by atoms with Crippen molar-refractivity contribution in [3.05, 3.63) is 71.8 Å². The number of aliphatic carboxylic acids is 2. The molecule has 1 aliphatic heterocycles. The molecule has 0 amide bonds. The number of sulfonamides is 1. The third-order valence-corrected chi connectivity index (χ3v) is 8.38. The molecule has 184 valence electrons. The van der Waals surface area contributed by atoms with Crippen molar-refractivity contribution in [3.63, 3.8) is 0 Å². The molecule has 9 heteroatoms. The Bertz CT molecular complexity index is 1020. The van der Waals surface area contributed by atoms with Crippen LogP contribution in [0.3, 0.4) is 0 Å². The van der Waals surface area contributed by atoms with Crippen molar-refractivity contribution in [1.29, 1.82) is 0 Å². The van der Waals surface area contributed by atoms with E-state index in [0.29, 0.717) is 25.0 Å². The van der Waals surface area contributed by atoms with Crippen molar-refractivity contribution in [1.82, 2.24) is 9.21 Å². The van der Waals surface area contributed by atoms with Gasteiger partial charge in [0, 0.05) is 32.2 Å². The second-order valence-electron chi connectivity index (χ2n) is 8.70. The van der Waals surface area contributed by atoms with Crippen molar-refractivity contribution < 1.29 is 28.2 Å². The molecular weight excluding hydrogens is 456 g/mol. The predicted octanol–water partition coefficient (Wildman–Crippen LogP) is 3.02. The first kappa shape index (κ1) is 25.9. The highest BCUT2D eigenvalue weighted by Gasteiger charge is 2.32. The Morgan fingerprint density at radius 1 is 0.765 bits per heavy atom. The average Bonchev–Trinajstić information content (AvgIpc) is 2.85. The van der Waals surface area contributed by atoms with Gasteiger partial charge in [0.2, 0.25) is 10.0 Å². The monoisotopic (exact) mass is 488 g/mol. The minimum Gasteiger partial charge on any atom is -0.473 e. The number of carboxylic acid groups (broad SMARTS) is 2. The first-order valence-electron chi connectivity index (χ1n) is 11.5. The number of carbonyl (C=O) groups is 2. The SMILES string of the molecule is O=C(O)C(=O)O.O=S(=O)(Cc1ccccc1)N1CCN(C2CCC(c3ccccc3)CC2)CC1. The van der Waals surface area contributed by atoms with Crippen LogP contribution >= 0.6 is 0 Å². The van der Waals surface area contributed by atoms with Gasteiger partial charge in [-0.1, -0.05) is 60.7 Å². The van der Waals surface area contributed by atoms with E-state index in [9.17, 15) is 8.42 Å². The van der Waals surface area contributed by atoms with E-state index in [2.05, 4.69) is 35.2 Å². The molecule has 2 fully saturated rings. The predicted molar refractivity (Wildman–Crippen MR) is 129 cm³/mol. The highest BCUT2D eigenvalue weighted by molar-refractivity contribution is 7.88. The number of piperazine rings is 1. The van der Waals surface area contributed by atoms with Crippen molar-refractivity contribution in [2.75, 3.05) is 26.2 Å². The van der Waals surface area contributed by atoms with E-state index in [-0.39, 0.29) is 5.75 Å². The van der Waals surface area contributed by atoms with Gasteiger partial charge in [-0.15, -0.1) is 0 Å². The fourth-order valence-corrected chi connectivity index (χ4v) is 6.24. The van der Waals surface area contributed by atoms with E-state index < -0.39 is 22.0 Å². The molecule has 34 heavy (non-hydrogen) atoms. The van der Waals surface area contributed by atoms with Crippen LogP contribution in [0.5, 0.6) is 0 Å². The number of hydrogen-bond donors (Lipinski definition) is 2. The minimum absolute atomic E-state index is 0.107. The van der Waals surface area contributed by atoms with Crippen LogP contribution in [-0.2, 0) is 25.4 Å². The van der Waals surface area contributed by atoms with E-state index >= 15 is 0 Å². The van der Waals surface area contributed by atoms with Crippen LogP contribution in [0, 0.1) is 0 Å². The molecule has 1 heterocycles. The largest absolute Gasteiger partial charge is 0.473 e. The first-order valence-corrected chi connectivity index (χ1v) is 13.1. The van der Waals surface area contributed by atoms with E-state index in [1.807, 2.05) is 30.3 Å². The second-order valence-corrected chi connectivity index (χ2v) is 10.7. The summed E-state index contributed by atoms with van der Waals surface area (Å²) in [4.78, 5) is 20.7. The minimum atomic E-state index is -3.23. The quantitative estimate of drug-likeness (QED) is 0.622. The summed E-state index contributed by atoms with van der Waals surface area (Å²) in [5, 5.41) is 14.8. The van der Waals surface area contributed by atoms with Gasteiger partial charge < -0.3 is 10.2 Å². The van der Waals surface area contributed by atoms with Crippen LogP contribution in [0.15, 0.2) is 60.7 Å². The van der Waals surface area contributed by atoms with Gasteiger partial charge in [-0.3, -0.25) is 4.90 Å². The molecule has 4 rings (SSSR count). The third kappa shape index (κ3) is 7.38.